The Kier molecular flexibility index (Phi) is 4.43. The monoisotopic (exact) mass is 277 g/mol. The fourth-order valence-corrected chi connectivity index (χ4v) is 2.75. The molecule has 1 aromatic rings. The highest BCUT2D eigenvalue weighted by Gasteiger charge is 2.38. The van der Waals surface area contributed by atoms with Crippen molar-refractivity contribution in [1.82, 2.24) is 5.32 Å². The van der Waals surface area contributed by atoms with Crippen LogP contribution in [-0.4, -0.2) is 40.0 Å². The number of benzene rings is 1. The van der Waals surface area contributed by atoms with Crippen molar-refractivity contribution in [3.8, 4) is 11.5 Å². The molecule has 0 spiro atoms. The van der Waals surface area contributed by atoms with E-state index in [-0.39, 0.29) is 0 Å². The number of rotatable bonds is 6. The zero-order valence-electron chi connectivity index (χ0n) is 12.1. The van der Waals surface area contributed by atoms with Gasteiger partial charge in [-0.3, -0.25) is 0 Å². The zero-order valence-corrected chi connectivity index (χ0v) is 12.1. The second-order valence-electron chi connectivity index (χ2n) is 5.56. The van der Waals surface area contributed by atoms with E-state index in [1.165, 1.54) is 12.0 Å². The van der Waals surface area contributed by atoms with E-state index in [1.54, 1.807) is 7.11 Å². The Morgan fingerprint density at radius 3 is 2.95 bits per heavy atom. The van der Waals surface area contributed by atoms with Gasteiger partial charge in [-0.05, 0) is 42.5 Å². The molecule has 0 saturated heterocycles. The number of hydrogen-bond acceptors (Lipinski definition) is 4. The van der Waals surface area contributed by atoms with Gasteiger partial charge in [0.05, 0.1) is 19.8 Å². The molecule has 1 fully saturated rings. The lowest BCUT2D eigenvalue weighted by molar-refractivity contribution is 0.199. The zero-order chi connectivity index (χ0) is 13.8. The molecule has 1 aliphatic heterocycles. The summed E-state index contributed by atoms with van der Waals surface area (Å²) < 4.78 is 16.5. The third-order valence-corrected chi connectivity index (χ3v) is 4.01. The summed E-state index contributed by atoms with van der Waals surface area (Å²) in [6.07, 6.45) is 2.22. The lowest BCUT2D eigenvalue weighted by Crippen LogP contribution is -2.21. The van der Waals surface area contributed by atoms with Crippen molar-refractivity contribution in [2.75, 3.05) is 40.0 Å². The number of fused-ring (bicyclic) bond motifs is 1. The minimum Gasteiger partial charge on any atom is -0.490 e. The van der Waals surface area contributed by atoms with Crippen molar-refractivity contribution in [2.24, 2.45) is 5.92 Å². The molecule has 20 heavy (non-hydrogen) atoms. The quantitative estimate of drug-likeness (QED) is 0.809. The first-order chi connectivity index (χ1) is 9.88. The van der Waals surface area contributed by atoms with Crippen molar-refractivity contribution in [2.45, 2.75) is 18.8 Å². The first-order valence-corrected chi connectivity index (χ1v) is 7.47. The van der Waals surface area contributed by atoms with Crippen molar-refractivity contribution in [3.05, 3.63) is 23.8 Å². The second kappa shape index (κ2) is 6.46. The smallest absolute Gasteiger partial charge is 0.161 e. The molecular formula is C16H23NO3. The van der Waals surface area contributed by atoms with E-state index >= 15 is 0 Å². The molecule has 1 aliphatic carbocycles. The Hall–Kier alpha value is -1.26. The summed E-state index contributed by atoms with van der Waals surface area (Å²) in [6.45, 7) is 4.29. The third-order valence-electron chi connectivity index (χ3n) is 4.01. The van der Waals surface area contributed by atoms with E-state index in [9.17, 15) is 0 Å². The molecule has 2 atom stereocenters. The van der Waals surface area contributed by atoms with Crippen LogP contribution in [-0.2, 0) is 4.74 Å². The van der Waals surface area contributed by atoms with Gasteiger partial charge in [0.25, 0.3) is 0 Å². The van der Waals surface area contributed by atoms with Crippen LogP contribution in [0.2, 0.25) is 0 Å². The highest BCUT2D eigenvalue weighted by molar-refractivity contribution is 5.45. The number of hydrogen-bond donors (Lipinski definition) is 1. The molecule has 0 bridgehead atoms. The molecule has 3 rings (SSSR count). The van der Waals surface area contributed by atoms with Gasteiger partial charge in [0.2, 0.25) is 0 Å². The molecular weight excluding hydrogens is 254 g/mol. The van der Waals surface area contributed by atoms with Crippen molar-refractivity contribution in [1.29, 1.82) is 0 Å². The summed E-state index contributed by atoms with van der Waals surface area (Å²) in [5, 5.41) is 3.44. The number of nitrogens with one attached hydrogen (secondary N) is 1. The number of methoxy groups -OCH3 is 1. The Bertz CT molecular complexity index is 449. The average molecular weight is 277 g/mol. The third kappa shape index (κ3) is 3.25. The molecule has 110 valence electrons. The maximum atomic E-state index is 5.76. The van der Waals surface area contributed by atoms with E-state index < -0.39 is 0 Å². The highest BCUT2D eigenvalue weighted by Crippen LogP contribution is 2.48. The van der Waals surface area contributed by atoms with Gasteiger partial charge in [-0.1, -0.05) is 6.07 Å². The Labute approximate surface area is 120 Å². The average Bonchev–Trinajstić information content (AvgIpc) is 3.26. The standard InChI is InChI=1S/C16H23NO3/c1-18-8-5-17-11-13-9-14(13)12-3-4-15-16(10-12)20-7-2-6-19-15/h3-4,10,13-14,17H,2,5-9,11H2,1H3. The summed E-state index contributed by atoms with van der Waals surface area (Å²) in [7, 11) is 1.74. The first kappa shape index (κ1) is 13.7. The first-order valence-electron chi connectivity index (χ1n) is 7.47. The maximum Gasteiger partial charge on any atom is 0.161 e. The molecule has 2 aliphatic rings. The normalized spacial score (nSPS) is 24.2. The van der Waals surface area contributed by atoms with Crippen molar-refractivity contribution >= 4 is 0 Å². The minimum atomic E-state index is 0.669. The van der Waals surface area contributed by atoms with Crippen LogP contribution in [0.1, 0.15) is 24.3 Å². The van der Waals surface area contributed by atoms with Crippen LogP contribution in [0, 0.1) is 5.92 Å². The van der Waals surface area contributed by atoms with Crippen LogP contribution >= 0.6 is 0 Å². The predicted molar refractivity (Wildman–Crippen MR) is 77.6 cm³/mol. The minimum absolute atomic E-state index is 0.669. The van der Waals surface area contributed by atoms with Gasteiger partial charge in [0.15, 0.2) is 11.5 Å². The van der Waals surface area contributed by atoms with E-state index in [4.69, 9.17) is 14.2 Å². The molecule has 0 radical (unpaired) electrons. The van der Waals surface area contributed by atoms with E-state index in [2.05, 4.69) is 23.5 Å². The van der Waals surface area contributed by atoms with Gasteiger partial charge in [0, 0.05) is 20.1 Å². The lowest BCUT2D eigenvalue weighted by Gasteiger charge is -2.09. The van der Waals surface area contributed by atoms with E-state index in [0.29, 0.717) is 5.92 Å². The van der Waals surface area contributed by atoms with Crippen LogP contribution in [0.5, 0.6) is 11.5 Å². The Morgan fingerprint density at radius 1 is 1.25 bits per heavy atom. The second-order valence-corrected chi connectivity index (χ2v) is 5.56. The molecule has 4 nitrogen and oxygen atoms in total. The van der Waals surface area contributed by atoms with Crippen LogP contribution in [0.15, 0.2) is 18.2 Å². The summed E-state index contributed by atoms with van der Waals surface area (Å²) >= 11 is 0. The number of ether oxygens (including phenoxy) is 3. The SMILES string of the molecule is COCCNCC1CC1c1ccc2c(c1)OCCCO2. The molecule has 0 amide bonds. The van der Waals surface area contributed by atoms with Gasteiger partial charge in [0.1, 0.15) is 0 Å². The summed E-state index contributed by atoms with van der Waals surface area (Å²) in [4.78, 5) is 0. The fraction of sp³-hybridized carbons (Fsp3) is 0.625. The van der Waals surface area contributed by atoms with Gasteiger partial charge in [-0.25, -0.2) is 0 Å². The van der Waals surface area contributed by atoms with E-state index in [0.717, 1.165) is 56.7 Å². The lowest BCUT2D eigenvalue weighted by atomic mass is 10.1. The van der Waals surface area contributed by atoms with Crippen molar-refractivity contribution in [3.63, 3.8) is 0 Å². The Morgan fingerprint density at radius 2 is 2.10 bits per heavy atom. The summed E-state index contributed by atoms with van der Waals surface area (Å²) in [5.41, 5.74) is 1.38. The van der Waals surface area contributed by atoms with Gasteiger partial charge in [-0.2, -0.15) is 0 Å². The van der Waals surface area contributed by atoms with Crippen LogP contribution in [0.25, 0.3) is 0 Å². The molecule has 2 unspecified atom stereocenters. The molecule has 4 heteroatoms. The van der Waals surface area contributed by atoms with Gasteiger partial charge in [-0.15, -0.1) is 0 Å². The molecule has 0 aromatic heterocycles. The van der Waals surface area contributed by atoms with Crippen LogP contribution < -0.4 is 14.8 Å². The molecule has 1 aromatic carbocycles. The summed E-state index contributed by atoms with van der Waals surface area (Å²) in [5.74, 6) is 3.22. The van der Waals surface area contributed by atoms with Crippen molar-refractivity contribution < 1.29 is 14.2 Å². The van der Waals surface area contributed by atoms with E-state index in [1.807, 2.05) is 0 Å². The fourth-order valence-electron chi connectivity index (χ4n) is 2.75. The topological polar surface area (TPSA) is 39.7 Å². The molecule has 1 heterocycles. The van der Waals surface area contributed by atoms with Gasteiger partial charge >= 0.3 is 0 Å². The molecule has 1 saturated carbocycles. The van der Waals surface area contributed by atoms with Crippen LogP contribution in [0.3, 0.4) is 0 Å². The molecule has 1 N–H and O–H groups in total. The Balaban J connectivity index is 1.55. The predicted octanol–water partition coefficient (Wildman–Crippen LogP) is 2.19. The maximum absolute atomic E-state index is 5.76. The summed E-state index contributed by atoms with van der Waals surface area (Å²) in [6, 6.07) is 6.41. The van der Waals surface area contributed by atoms with Crippen LogP contribution in [0.4, 0.5) is 0 Å². The highest BCUT2D eigenvalue weighted by atomic mass is 16.5. The largest absolute Gasteiger partial charge is 0.490 e. The van der Waals surface area contributed by atoms with Gasteiger partial charge < -0.3 is 19.5 Å².